The summed E-state index contributed by atoms with van der Waals surface area (Å²) >= 11 is 0. The maximum atomic E-state index is 10.3. The molecular formula is C6H8O. The van der Waals surface area contributed by atoms with Crippen LogP contribution in [-0.4, -0.2) is 5.78 Å². The Labute approximate surface area is 43.7 Å². The van der Waals surface area contributed by atoms with Crippen LogP contribution in [0.1, 0.15) is 19.8 Å². The number of hydrogen-bond acceptors (Lipinski definition) is 1. The Morgan fingerprint density at radius 3 is 2.57 bits per heavy atom. The van der Waals surface area contributed by atoms with Gasteiger partial charge in [0.2, 0.25) is 0 Å². The largest absolute Gasteiger partial charge is 0.299 e. The van der Waals surface area contributed by atoms with Crippen molar-refractivity contribution in [2.45, 2.75) is 19.8 Å². The van der Waals surface area contributed by atoms with Crippen molar-refractivity contribution < 1.29 is 4.79 Å². The number of hydrogen-bond donors (Lipinski definition) is 0. The minimum absolute atomic E-state index is 0.141. The molecule has 0 heterocycles. The molecule has 0 aromatic rings. The number of Topliss-reactive ketones (excluding diaryl/α,β-unsaturated/α-hetero) is 1. The second-order valence-electron chi connectivity index (χ2n) is 1.27. The number of rotatable bonds is 2. The molecule has 0 N–H and O–H groups in total. The molecule has 0 saturated heterocycles. The summed E-state index contributed by atoms with van der Waals surface area (Å²) in [7, 11) is 0. The van der Waals surface area contributed by atoms with E-state index < -0.39 is 0 Å². The third-order valence-electron chi connectivity index (χ3n) is 0.694. The van der Waals surface area contributed by atoms with Crippen molar-refractivity contribution in [3.05, 3.63) is 0 Å². The van der Waals surface area contributed by atoms with E-state index in [1.807, 2.05) is 0 Å². The van der Waals surface area contributed by atoms with Gasteiger partial charge in [0.05, 0.1) is 6.42 Å². The molecule has 0 aromatic heterocycles. The highest BCUT2D eigenvalue weighted by molar-refractivity contribution is 5.80. The zero-order chi connectivity index (χ0) is 5.70. The first kappa shape index (κ1) is 6.23. The van der Waals surface area contributed by atoms with Crippen LogP contribution in [0.15, 0.2) is 0 Å². The zero-order valence-electron chi connectivity index (χ0n) is 4.40. The molecule has 0 saturated carbocycles. The van der Waals surface area contributed by atoms with Gasteiger partial charge in [-0.1, -0.05) is 12.8 Å². The summed E-state index contributed by atoms with van der Waals surface area (Å²) in [6.07, 6.45) is 5.68. The van der Waals surface area contributed by atoms with E-state index in [2.05, 4.69) is 5.92 Å². The van der Waals surface area contributed by atoms with Crippen molar-refractivity contribution >= 4 is 5.78 Å². The van der Waals surface area contributed by atoms with Gasteiger partial charge in [-0.05, 0) is 0 Å². The number of terminal acetylenes is 1. The molecule has 1 heteroatoms. The minimum atomic E-state index is 0.141. The van der Waals surface area contributed by atoms with Crippen LogP contribution in [0.25, 0.3) is 0 Å². The van der Waals surface area contributed by atoms with Gasteiger partial charge in [-0.3, -0.25) is 4.79 Å². The van der Waals surface area contributed by atoms with Gasteiger partial charge in [0.25, 0.3) is 0 Å². The van der Waals surface area contributed by atoms with E-state index in [1.54, 1.807) is 6.92 Å². The topological polar surface area (TPSA) is 17.1 Å². The summed E-state index contributed by atoms with van der Waals surface area (Å²) < 4.78 is 0. The molecule has 0 rings (SSSR count). The highest BCUT2D eigenvalue weighted by Gasteiger charge is 1.89. The van der Waals surface area contributed by atoms with E-state index in [4.69, 9.17) is 6.42 Å². The van der Waals surface area contributed by atoms with Gasteiger partial charge < -0.3 is 0 Å². The lowest BCUT2D eigenvalue weighted by atomic mass is 10.2. The molecule has 1 nitrogen and oxygen atoms in total. The monoisotopic (exact) mass is 96.1 g/mol. The molecule has 0 fully saturated rings. The van der Waals surface area contributed by atoms with Crippen molar-refractivity contribution in [1.82, 2.24) is 0 Å². The maximum absolute atomic E-state index is 10.3. The molecule has 0 radical (unpaired) electrons. The third kappa shape index (κ3) is 3.05. The Kier molecular flexibility index (Phi) is 3.04. The average molecular weight is 96.1 g/mol. The highest BCUT2D eigenvalue weighted by atomic mass is 16.1. The predicted molar refractivity (Wildman–Crippen MR) is 28.7 cm³/mol. The van der Waals surface area contributed by atoms with Gasteiger partial charge in [0.1, 0.15) is 5.78 Å². The van der Waals surface area contributed by atoms with E-state index in [0.29, 0.717) is 6.42 Å². The summed E-state index contributed by atoms with van der Waals surface area (Å²) in [5.41, 5.74) is 0. The molecule has 0 amide bonds. The standard InChI is InChI=1S/C6H8O/c1-3-5-6(7)4-2/h1H,4-5H2,2H3. The van der Waals surface area contributed by atoms with Crippen molar-refractivity contribution in [1.29, 1.82) is 0 Å². The van der Waals surface area contributed by atoms with Crippen LogP contribution in [0.4, 0.5) is 0 Å². The zero-order valence-corrected chi connectivity index (χ0v) is 4.40. The van der Waals surface area contributed by atoms with E-state index in [9.17, 15) is 4.79 Å². The lowest BCUT2D eigenvalue weighted by molar-refractivity contribution is -0.117. The molecule has 0 unspecified atom stereocenters. The fraction of sp³-hybridized carbons (Fsp3) is 0.500. The average Bonchev–Trinajstić information content (AvgIpc) is 1.68. The molecule has 0 atom stereocenters. The fourth-order valence-electron chi connectivity index (χ4n) is 0.239. The van der Waals surface area contributed by atoms with Crippen LogP contribution >= 0.6 is 0 Å². The van der Waals surface area contributed by atoms with Crippen molar-refractivity contribution in [3.8, 4) is 12.3 Å². The second kappa shape index (κ2) is 3.42. The van der Waals surface area contributed by atoms with E-state index >= 15 is 0 Å². The van der Waals surface area contributed by atoms with E-state index in [0.717, 1.165) is 0 Å². The van der Waals surface area contributed by atoms with E-state index in [-0.39, 0.29) is 12.2 Å². The summed E-state index contributed by atoms with van der Waals surface area (Å²) in [5.74, 6) is 2.41. The van der Waals surface area contributed by atoms with Gasteiger partial charge in [-0.2, -0.15) is 0 Å². The molecule has 0 bridgehead atoms. The van der Waals surface area contributed by atoms with Gasteiger partial charge in [-0.25, -0.2) is 0 Å². The number of carbonyl (C=O) groups is 1. The van der Waals surface area contributed by atoms with E-state index in [1.165, 1.54) is 0 Å². The normalized spacial score (nSPS) is 7.43. The minimum Gasteiger partial charge on any atom is -0.299 e. The second-order valence-corrected chi connectivity index (χ2v) is 1.27. The van der Waals surface area contributed by atoms with Gasteiger partial charge in [0.15, 0.2) is 0 Å². The predicted octanol–water partition coefficient (Wildman–Crippen LogP) is 0.989. The molecule has 7 heavy (non-hydrogen) atoms. The Morgan fingerprint density at radius 2 is 2.43 bits per heavy atom. The van der Waals surface area contributed by atoms with Crippen LogP contribution in [0, 0.1) is 12.3 Å². The molecule has 0 aliphatic heterocycles. The smallest absolute Gasteiger partial charge is 0.144 e. The first-order valence-electron chi connectivity index (χ1n) is 2.26. The Hall–Kier alpha value is -0.770. The van der Waals surface area contributed by atoms with Crippen molar-refractivity contribution in [2.24, 2.45) is 0 Å². The first-order valence-corrected chi connectivity index (χ1v) is 2.26. The van der Waals surface area contributed by atoms with Crippen LogP contribution in [0.3, 0.4) is 0 Å². The third-order valence-corrected chi connectivity index (χ3v) is 0.694. The molecule has 38 valence electrons. The lowest BCUT2D eigenvalue weighted by Gasteiger charge is -1.81. The Balaban J connectivity index is 3.23. The van der Waals surface area contributed by atoms with Gasteiger partial charge in [-0.15, -0.1) is 6.42 Å². The lowest BCUT2D eigenvalue weighted by Crippen LogP contribution is -1.89. The number of ketones is 1. The molecular weight excluding hydrogens is 88.1 g/mol. The summed E-state index contributed by atoms with van der Waals surface area (Å²) in [4.78, 5) is 10.3. The van der Waals surface area contributed by atoms with Gasteiger partial charge >= 0.3 is 0 Å². The molecule has 0 spiro atoms. The number of carbonyl (C=O) groups excluding carboxylic acids is 1. The van der Waals surface area contributed by atoms with Gasteiger partial charge in [0, 0.05) is 6.42 Å². The summed E-state index contributed by atoms with van der Waals surface area (Å²) in [6, 6.07) is 0. The van der Waals surface area contributed by atoms with Crippen LogP contribution in [0.2, 0.25) is 0 Å². The Morgan fingerprint density at radius 1 is 1.86 bits per heavy atom. The molecule has 0 aliphatic rings. The quantitative estimate of drug-likeness (QED) is 0.468. The summed E-state index contributed by atoms with van der Waals surface area (Å²) in [5, 5.41) is 0. The SMILES string of the molecule is C#CCC(=O)CC. The van der Waals surface area contributed by atoms with Crippen LogP contribution in [-0.2, 0) is 4.79 Å². The summed E-state index contributed by atoms with van der Waals surface area (Å²) in [6.45, 7) is 1.81. The highest BCUT2D eigenvalue weighted by Crippen LogP contribution is 1.83. The molecule has 0 aromatic carbocycles. The van der Waals surface area contributed by atoms with Crippen molar-refractivity contribution in [2.75, 3.05) is 0 Å². The van der Waals surface area contributed by atoms with Crippen LogP contribution in [0.5, 0.6) is 0 Å². The fourth-order valence-corrected chi connectivity index (χ4v) is 0.239. The maximum Gasteiger partial charge on any atom is 0.144 e. The van der Waals surface area contributed by atoms with Crippen molar-refractivity contribution in [3.63, 3.8) is 0 Å². The Bertz CT molecular complexity index is 97.2. The van der Waals surface area contributed by atoms with Crippen LogP contribution < -0.4 is 0 Å². The first-order chi connectivity index (χ1) is 3.31. The molecule has 0 aliphatic carbocycles.